The number of nitrogens with zero attached hydrogens (tertiary/aromatic N) is 3. The van der Waals surface area contributed by atoms with Crippen molar-refractivity contribution in [1.29, 1.82) is 0 Å². The van der Waals surface area contributed by atoms with Crippen molar-refractivity contribution in [2.45, 2.75) is 46.2 Å². The number of ether oxygens (including phenoxy) is 1. The van der Waals surface area contributed by atoms with Gasteiger partial charge in [-0.3, -0.25) is 9.59 Å². The molecule has 4 rings (SSSR count). The molecule has 3 amide bonds. The van der Waals surface area contributed by atoms with Gasteiger partial charge in [0, 0.05) is 31.5 Å². The van der Waals surface area contributed by atoms with Gasteiger partial charge in [0.15, 0.2) is 5.76 Å². The second-order valence-electron chi connectivity index (χ2n) is 9.57. The van der Waals surface area contributed by atoms with Crippen molar-refractivity contribution in [3.05, 3.63) is 77.8 Å². The third-order valence-electron chi connectivity index (χ3n) is 6.70. The Morgan fingerprint density at radius 1 is 1.13 bits per heavy atom. The number of piperidine rings is 1. The summed E-state index contributed by atoms with van der Waals surface area (Å²) in [5, 5.41) is 2.65. The highest BCUT2D eigenvalue weighted by molar-refractivity contribution is 5.92. The Morgan fingerprint density at radius 3 is 2.72 bits per heavy atom. The van der Waals surface area contributed by atoms with Crippen molar-refractivity contribution < 1.29 is 27.9 Å². The van der Waals surface area contributed by atoms with Gasteiger partial charge < -0.3 is 28.8 Å². The summed E-state index contributed by atoms with van der Waals surface area (Å²) in [4.78, 5) is 41.4. The van der Waals surface area contributed by atoms with Crippen molar-refractivity contribution in [3.8, 4) is 0 Å². The zero-order chi connectivity index (χ0) is 27.8. The summed E-state index contributed by atoms with van der Waals surface area (Å²) in [6, 6.07) is 12.9. The molecule has 0 saturated carbocycles. The molecule has 3 heterocycles. The lowest BCUT2D eigenvalue weighted by molar-refractivity contribution is -0.149. The molecule has 2 aromatic heterocycles. The van der Waals surface area contributed by atoms with Gasteiger partial charge in [-0.1, -0.05) is 19.1 Å². The van der Waals surface area contributed by atoms with Gasteiger partial charge in [0.05, 0.1) is 31.3 Å². The lowest BCUT2D eigenvalue weighted by Gasteiger charge is -2.30. The van der Waals surface area contributed by atoms with E-state index >= 15 is 0 Å². The van der Waals surface area contributed by atoms with Gasteiger partial charge in [0.1, 0.15) is 11.6 Å². The second kappa shape index (κ2) is 13.1. The lowest BCUT2D eigenvalue weighted by Crippen LogP contribution is -2.42. The van der Waals surface area contributed by atoms with E-state index in [1.807, 2.05) is 29.8 Å². The molecular formula is C29H35FN4O5. The third-order valence-corrected chi connectivity index (χ3v) is 6.70. The third kappa shape index (κ3) is 7.07. The first-order valence-corrected chi connectivity index (χ1v) is 13.4. The molecule has 1 aromatic carbocycles. The SMILES string of the molecule is CCCN(Cc1cccn1Cc1ccc(C(=O)N2CCCC(C(=O)OCC)C2)o1)C(=O)Nc1ccccc1F. The predicted molar refractivity (Wildman–Crippen MR) is 144 cm³/mol. The van der Waals surface area contributed by atoms with Crippen LogP contribution in [0.4, 0.5) is 14.9 Å². The number of esters is 1. The van der Waals surface area contributed by atoms with E-state index in [9.17, 15) is 18.8 Å². The van der Waals surface area contributed by atoms with Gasteiger partial charge in [-0.25, -0.2) is 9.18 Å². The molecule has 0 spiro atoms. The predicted octanol–water partition coefficient (Wildman–Crippen LogP) is 5.13. The smallest absolute Gasteiger partial charge is 0.322 e. The summed E-state index contributed by atoms with van der Waals surface area (Å²) < 4.78 is 27.0. The lowest BCUT2D eigenvalue weighted by atomic mass is 9.98. The largest absolute Gasteiger partial charge is 0.466 e. The number of carbonyl (C=O) groups excluding carboxylic acids is 3. The minimum Gasteiger partial charge on any atom is -0.466 e. The molecule has 1 N–H and O–H groups in total. The number of para-hydroxylation sites is 1. The number of nitrogens with one attached hydrogen (secondary N) is 1. The standard InChI is InChI=1S/C29H35FN4O5/c1-3-15-34(29(37)31-25-12-6-5-11-24(25)30)19-22-10-8-16-32(22)20-23-13-14-26(39-23)27(35)33-17-7-9-21(18-33)28(36)38-4-2/h5-6,8,10-14,16,21H,3-4,7,9,15,17-20H2,1-2H3,(H,31,37). The first-order valence-electron chi connectivity index (χ1n) is 13.4. The van der Waals surface area contributed by atoms with E-state index in [4.69, 9.17) is 9.15 Å². The molecule has 208 valence electrons. The average Bonchev–Trinajstić information content (AvgIpc) is 3.59. The first-order chi connectivity index (χ1) is 18.9. The average molecular weight is 539 g/mol. The summed E-state index contributed by atoms with van der Waals surface area (Å²) in [6.07, 6.45) is 4.06. The van der Waals surface area contributed by atoms with E-state index < -0.39 is 5.82 Å². The number of hydrogen-bond donors (Lipinski definition) is 1. The molecule has 1 saturated heterocycles. The van der Waals surface area contributed by atoms with Gasteiger partial charge in [0.25, 0.3) is 5.91 Å². The van der Waals surface area contributed by atoms with Crippen LogP contribution in [0.2, 0.25) is 0 Å². The van der Waals surface area contributed by atoms with Gasteiger partial charge >= 0.3 is 12.0 Å². The Hall–Kier alpha value is -4.08. The van der Waals surface area contributed by atoms with E-state index in [0.717, 1.165) is 18.5 Å². The van der Waals surface area contributed by atoms with Crippen LogP contribution in [0.15, 0.2) is 59.1 Å². The number of carbonyl (C=O) groups is 3. The Bertz CT molecular complexity index is 1290. The summed E-state index contributed by atoms with van der Waals surface area (Å²) in [5.74, 6) is -0.513. The van der Waals surface area contributed by atoms with Gasteiger partial charge in [0.2, 0.25) is 0 Å². The topological polar surface area (TPSA) is 97.0 Å². The molecular weight excluding hydrogens is 503 g/mol. The zero-order valence-corrected chi connectivity index (χ0v) is 22.4. The number of hydrogen-bond acceptors (Lipinski definition) is 5. The van der Waals surface area contributed by atoms with Crippen LogP contribution in [-0.2, 0) is 22.6 Å². The Morgan fingerprint density at radius 2 is 1.95 bits per heavy atom. The molecule has 0 aliphatic carbocycles. The Labute approximate surface area is 227 Å². The van der Waals surface area contributed by atoms with E-state index in [-0.39, 0.29) is 35.3 Å². The van der Waals surface area contributed by atoms with E-state index in [2.05, 4.69) is 5.32 Å². The fourth-order valence-electron chi connectivity index (χ4n) is 4.74. The second-order valence-corrected chi connectivity index (χ2v) is 9.57. The van der Waals surface area contributed by atoms with Crippen LogP contribution < -0.4 is 5.32 Å². The molecule has 1 aliphatic rings. The van der Waals surface area contributed by atoms with Crippen molar-refractivity contribution in [1.82, 2.24) is 14.4 Å². The maximum Gasteiger partial charge on any atom is 0.322 e. The molecule has 39 heavy (non-hydrogen) atoms. The fraction of sp³-hybridized carbons (Fsp3) is 0.414. The van der Waals surface area contributed by atoms with E-state index in [1.165, 1.54) is 12.1 Å². The van der Waals surface area contributed by atoms with Gasteiger partial charge in [-0.15, -0.1) is 0 Å². The molecule has 1 aliphatic heterocycles. The minimum absolute atomic E-state index is 0.133. The van der Waals surface area contributed by atoms with Crippen LogP contribution >= 0.6 is 0 Å². The number of rotatable bonds is 10. The summed E-state index contributed by atoms with van der Waals surface area (Å²) in [6.45, 7) is 6.12. The Kier molecular flexibility index (Phi) is 9.40. The molecule has 1 fully saturated rings. The monoisotopic (exact) mass is 538 g/mol. The summed E-state index contributed by atoms with van der Waals surface area (Å²) >= 11 is 0. The maximum absolute atomic E-state index is 14.1. The zero-order valence-electron chi connectivity index (χ0n) is 22.4. The number of halogens is 1. The number of benzene rings is 1. The number of anilines is 1. The number of likely N-dealkylation sites (tertiary alicyclic amines) is 1. The fourth-order valence-corrected chi connectivity index (χ4v) is 4.74. The molecule has 1 unspecified atom stereocenters. The number of amides is 3. The minimum atomic E-state index is -0.491. The van der Waals surface area contributed by atoms with E-state index in [0.29, 0.717) is 51.5 Å². The highest BCUT2D eigenvalue weighted by atomic mass is 19.1. The van der Waals surface area contributed by atoms with Crippen LogP contribution in [0, 0.1) is 11.7 Å². The number of urea groups is 1. The van der Waals surface area contributed by atoms with Crippen molar-refractivity contribution >= 4 is 23.6 Å². The molecule has 1 atom stereocenters. The number of furan rings is 1. The summed E-state index contributed by atoms with van der Waals surface area (Å²) in [5.41, 5.74) is 0.999. The molecule has 0 radical (unpaired) electrons. The van der Waals surface area contributed by atoms with Gasteiger partial charge in [-0.2, -0.15) is 0 Å². The molecule has 9 nitrogen and oxygen atoms in total. The Balaban J connectivity index is 1.40. The highest BCUT2D eigenvalue weighted by Crippen LogP contribution is 2.22. The van der Waals surface area contributed by atoms with Crippen LogP contribution in [0.1, 0.15) is 55.1 Å². The van der Waals surface area contributed by atoms with Crippen molar-refractivity contribution in [2.75, 3.05) is 31.6 Å². The number of aromatic nitrogens is 1. The first kappa shape index (κ1) is 27.9. The van der Waals surface area contributed by atoms with Crippen LogP contribution in [0.3, 0.4) is 0 Å². The van der Waals surface area contributed by atoms with Gasteiger partial charge in [-0.05, 0) is 62.6 Å². The maximum atomic E-state index is 14.1. The van der Waals surface area contributed by atoms with Crippen LogP contribution in [-0.4, -0.2) is 58.5 Å². The normalized spacial score (nSPS) is 15.2. The van der Waals surface area contributed by atoms with Crippen molar-refractivity contribution in [2.24, 2.45) is 5.92 Å². The molecule has 3 aromatic rings. The summed E-state index contributed by atoms with van der Waals surface area (Å²) in [7, 11) is 0. The highest BCUT2D eigenvalue weighted by Gasteiger charge is 2.31. The van der Waals surface area contributed by atoms with Crippen molar-refractivity contribution in [3.63, 3.8) is 0 Å². The van der Waals surface area contributed by atoms with E-state index in [1.54, 1.807) is 41.0 Å². The van der Waals surface area contributed by atoms with Crippen LogP contribution in [0.5, 0.6) is 0 Å². The quantitative estimate of drug-likeness (QED) is 0.361. The molecule has 10 heteroatoms. The molecule has 0 bridgehead atoms. The van der Waals surface area contributed by atoms with Crippen LogP contribution in [0.25, 0.3) is 0 Å².